The van der Waals surface area contributed by atoms with Crippen molar-refractivity contribution in [3.05, 3.63) is 16.1 Å². The van der Waals surface area contributed by atoms with Crippen molar-refractivity contribution in [1.29, 1.82) is 0 Å². The molecule has 5 nitrogen and oxygen atoms in total. The molecule has 0 radical (unpaired) electrons. The van der Waals surface area contributed by atoms with Gasteiger partial charge < -0.3 is 10.0 Å². The lowest BCUT2D eigenvalue weighted by atomic mass is 9.82. The molecular formula is C19H29N3O2S. The van der Waals surface area contributed by atoms with Crippen molar-refractivity contribution < 1.29 is 9.90 Å². The second-order valence-corrected chi connectivity index (χ2v) is 8.92. The third-order valence-electron chi connectivity index (χ3n) is 6.56. The Morgan fingerprint density at radius 2 is 1.96 bits per heavy atom. The minimum absolute atomic E-state index is 0.164. The highest BCUT2D eigenvalue weighted by Crippen LogP contribution is 2.41. The number of aliphatic hydroxyl groups excluding tert-OH is 1. The molecule has 1 aromatic rings. The number of carbonyl (C=O) groups excluding carboxylic acids is 1. The van der Waals surface area contributed by atoms with Gasteiger partial charge in [0.25, 0.3) is 0 Å². The normalized spacial score (nSPS) is 34.2. The standard InChI is InChI=1S/C19H29N3O2S/c1-14-17(25-13-20-14)12-21-10-2-8-19(21)9-3-11-22(18(19)24)15-4-6-16(23)7-5-15/h13,15-16,23H,2-12H2,1H3. The Morgan fingerprint density at radius 1 is 1.24 bits per heavy atom. The maximum absolute atomic E-state index is 13.6. The maximum atomic E-state index is 13.6. The maximum Gasteiger partial charge on any atom is 0.243 e. The Labute approximate surface area is 154 Å². The summed E-state index contributed by atoms with van der Waals surface area (Å²) in [6, 6.07) is 0.334. The van der Waals surface area contributed by atoms with Crippen LogP contribution in [0.3, 0.4) is 0 Å². The number of likely N-dealkylation sites (tertiary alicyclic amines) is 2. The smallest absolute Gasteiger partial charge is 0.243 e. The van der Waals surface area contributed by atoms with Crippen molar-refractivity contribution in [2.75, 3.05) is 13.1 Å². The number of aromatic nitrogens is 1. The summed E-state index contributed by atoms with van der Waals surface area (Å²) in [5.41, 5.74) is 2.73. The van der Waals surface area contributed by atoms with Crippen LogP contribution in [0.1, 0.15) is 61.9 Å². The molecule has 3 fully saturated rings. The predicted octanol–water partition coefficient (Wildman–Crippen LogP) is 2.71. The number of carbonyl (C=O) groups is 1. The topological polar surface area (TPSA) is 56.7 Å². The van der Waals surface area contributed by atoms with Crippen LogP contribution in [-0.2, 0) is 11.3 Å². The Kier molecular flexibility index (Phi) is 4.86. The fourth-order valence-electron chi connectivity index (χ4n) is 5.08. The third-order valence-corrected chi connectivity index (χ3v) is 7.48. The van der Waals surface area contributed by atoms with Gasteiger partial charge in [-0.05, 0) is 64.8 Å². The van der Waals surface area contributed by atoms with E-state index < -0.39 is 0 Å². The van der Waals surface area contributed by atoms with Crippen LogP contribution in [-0.4, -0.2) is 56.6 Å². The third kappa shape index (κ3) is 3.13. The Balaban J connectivity index is 1.53. The van der Waals surface area contributed by atoms with Crippen molar-refractivity contribution in [3.8, 4) is 0 Å². The molecule has 1 atom stereocenters. The van der Waals surface area contributed by atoms with Crippen LogP contribution >= 0.6 is 11.3 Å². The van der Waals surface area contributed by atoms with Gasteiger partial charge in [-0.15, -0.1) is 11.3 Å². The summed E-state index contributed by atoms with van der Waals surface area (Å²) >= 11 is 1.71. The fraction of sp³-hybridized carbons (Fsp3) is 0.789. The molecule has 2 saturated heterocycles. The van der Waals surface area contributed by atoms with Gasteiger partial charge in [-0.2, -0.15) is 0 Å². The van der Waals surface area contributed by atoms with Crippen molar-refractivity contribution in [1.82, 2.24) is 14.8 Å². The molecule has 1 unspecified atom stereocenters. The predicted molar refractivity (Wildman–Crippen MR) is 98.4 cm³/mol. The van der Waals surface area contributed by atoms with Gasteiger partial charge in [0, 0.05) is 24.0 Å². The zero-order valence-corrected chi connectivity index (χ0v) is 15.9. The molecular weight excluding hydrogens is 334 g/mol. The number of hydrogen-bond donors (Lipinski definition) is 1. The molecule has 1 aromatic heterocycles. The van der Waals surface area contributed by atoms with Crippen molar-refractivity contribution in [2.45, 2.75) is 82.5 Å². The summed E-state index contributed by atoms with van der Waals surface area (Å²) in [4.78, 5) is 23.9. The van der Waals surface area contributed by atoms with Crippen LogP contribution < -0.4 is 0 Å². The summed E-state index contributed by atoms with van der Waals surface area (Å²) < 4.78 is 0. The second-order valence-electron chi connectivity index (χ2n) is 7.98. The number of amides is 1. The molecule has 3 heterocycles. The summed E-state index contributed by atoms with van der Waals surface area (Å²) in [7, 11) is 0. The second kappa shape index (κ2) is 6.97. The SMILES string of the molecule is Cc1ncsc1CN1CCCC12CCCN(C1CCC(O)CC1)C2=O. The Bertz CT molecular complexity index is 626. The molecule has 6 heteroatoms. The van der Waals surface area contributed by atoms with E-state index in [2.05, 4.69) is 21.7 Å². The van der Waals surface area contributed by atoms with E-state index in [-0.39, 0.29) is 11.6 Å². The minimum atomic E-state index is -0.287. The number of nitrogens with zero attached hydrogens (tertiary/aromatic N) is 3. The van der Waals surface area contributed by atoms with Crippen LogP contribution in [0.15, 0.2) is 5.51 Å². The van der Waals surface area contributed by atoms with Gasteiger partial charge in [-0.25, -0.2) is 4.98 Å². The molecule has 2 aliphatic heterocycles. The van der Waals surface area contributed by atoms with Crippen LogP contribution in [0, 0.1) is 6.92 Å². The molecule has 1 saturated carbocycles. The van der Waals surface area contributed by atoms with Crippen molar-refractivity contribution in [2.24, 2.45) is 0 Å². The van der Waals surface area contributed by atoms with Gasteiger partial charge in [-0.1, -0.05) is 0 Å². The molecule has 1 amide bonds. The Morgan fingerprint density at radius 3 is 2.64 bits per heavy atom. The van der Waals surface area contributed by atoms with Gasteiger partial charge >= 0.3 is 0 Å². The zero-order valence-electron chi connectivity index (χ0n) is 15.1. The van der Waals surface area contributed by atoms with E-state index in [0.29, 0.717) is 11.9 Å². The number of aliphatic hydroxyl groups is 1. The number of aryl methyl sites for hydroxylation is 1. The van der Waals surface area contributed by atoms with Gasteiger partial charge in [0.15, 0.2) is 0 Å². The van der Waals surface area contributed by atoms with Crippen LogP contribution in [0.25, 0.3) is 0 Å². The van der Waals surface area contributed by atoms with E-state index in [1.807, 2.05) is 5.51 Å². The summed E-state index contributed by atoms with van der Waals surface area (Å²) in [5.74, 6) is 0.361. The lowest BCUT2D eigenvalue weighted by Crippen LogP contribution is -2.62. The van der Waals surface area contributed by atoms with E-state index in [1.54, 1.807) is 11.3 Å². The number of thiazole rings is 1. The number of hydrogen-bond acceptors (Lipinski definition) is 5. The first-order valence-electron chi connectivity index (χ1n) is 9.73. The summed E-state index contributed by atoms with van der Waals surface area (Å²) in [6.45, 7) is 4.84. The lowest BCUT2D eigenvalue weighted by molar-refractivity contribution is -0.152. The van der Waals surface area contributed by atoms with Crippen LogP contribution in [0.2, 0.25) is 0 Å². The van der Waals surface area contributed by atoms with Gasteiger partial charge in [0.2, 0.25) is 5.91 Å². The summed E-state index contributed by atoms with van der Waals surface area (Å²) in [5, 5.41) is 9.79. The molecule has 4 rings (SSSR count). The van der Waals surface area contributed by atoms with E-state index in [0.717, 1.165) is 76.7 Å². The molecule has 0 aromatic carbocycles. The van der Waals surface area contributed by atoms with Gasteiger partial charge in [0.05, 0.1) is 17.3 Å². The molecule has 0 bridgehead atoms. The van der Waals surface area contributed by atoms with Crippen molar-refractivity contribution >= 4 is 17.2 Å². The van der Waals surface area contributed by atoms with Gasteiger partial charge in [0.1, 0.15) is 5.54 Å². The quantitative estimate of drug-likeness (QED) is 0.897. The summed E-state index contributed by atoms with van der Waals surface area (Å²) in [6.07, 6.45) is 7.63. The van der Waals surface area contributed by atoms with E-state index in [9.17, 15) is 9.90 Å². The highest BCUT2D eigenvalue weighted by molar-refractivity contribution is 7.09. The average Bonchev–Trinajstić information content (AvgIpc) is 3.19. The lowest BCUT2D eigenvalue weighted by Gasteiger charge is -2.48. The van der Waals surface area contributed by atoms with E-state index >= 15 is 0 Å². The molecule has 1 N–H and O–H groups in total. The molecule has 3 aliphatic rings. The first-order chi connectivity index (χ1) is 12.1. The molecule has 25 heavy (non-hydrogen) atoms. The zero-order chi connectivity index (χ0) is 17.4. The van der Waals surface area contributed by atoms with E-state index in [4.69, 9.17) is 0 Å². The number of piperidine rings is 1. The molecule has 1 spiro atoms. The fourth-order valence-corrected chi connectivity index (χ4v) is 5.87. The highest BCUT2D eigenvalue weighted by Gasteiger charge is 2.52. The largest absolute Gasteiger partial charge is 0.393 e. The molecule has 138 valence electrons. The van der Waals surface area contributed by atoms with Crippen LogP contribution in [0.5, 0.6) is 0 Å². The van der Waals surface area contributed by atoms with Gasteiger partial charge in [-0.3, -0.25) is 9.69 Å². The highest BCUT2D eigenvalue weighted by atomic mass is 32.1. The van der Waals surface area contributed by atoms with Crippen LogP contribution in [0.4, 0.5) is 0 Å². The molecule has 1 aliphatic carbocycles. The number of rotatable bonds is 3. The monoisotopic (exact) mass is 363 g/mol. The van der Waals surface area contributed by atoms with E-state index in [1.165, 1.54) is 4.88 Å². The average molecular weight is 364 g/mol. The Hall–Kier alpha value is -0.980. The first kappa shape index (κ1) is 17.4. The van der Waals surface area contributed by atoms with Crippen molar-refractivity contribution in [3.63, 3.8) is 0 Å². The first-order valence-corrected chi connectivity index (χ1v) is 10.6. The minimum Gasteiger partial charge on any atom is -0.393 e.